The van der Waals surface area contributed by atoms with E-state index in [2.05, 4.69) is 11.6 Å². The molecule has 0 unspecified atom stereocenters. The summed E-state index contributed by atoms with van der Waals surface area (Å²) in [4.78, 5) is 32.0. The minimum absolute atomic E-state index is 0.207. The number of allylic oxidation sites excluding steroid dienone is 1. The van der Waals surface area contributed by atoms with Crippen LogP contribution in [0.2, 0.25) is 0 Å². The molecule has 8 nitrogen and oxygen atoms in total. The van der Waals surface area contributed by atoms with Gasteiger partial charge < -0.3 is 18.9 Å². The van der Waals surface area contributed by atoms with Crippen molar-refractivity contribution in [2.24, 2.45) is 4.99 Å². The van der Waals surface area contributed by atoms with Gasteiger partial charge in [0, 0.05) is 0 Å². The van der Waals surface area contributed by atoms with Gasteiger partial charge in [-0.05, 0) is 61.7 Å². The number of hydrogen-bond acceptors (Lipinski definition) is 8. The van der Waals surface area contributed by atoms with Gasteiger partial charge in [-0.25, -0.2) is 9.79 Å². The summed E-state index contributed by atoms with van der Waals surface area (Å²) >= 11 is 1.26. The third kappa shape index (κ3) is 5.15. The summed E-state index contributed by atoms with van der Waals surface area (Å²) in [6.45, 7) is 9.66. The van der Waals surface area contributed by atoms with Gasteiger partial charge in [0.15, 0.2) is 16.3 Å². The molecule has 1 aliphatic heterocycles. The molecule has 2 aromatic carbocycles. The minimum Gasteiger partial charge on any atom is -0.496 e. The zero-order chi connectivity index (χ0) is 27.4. The lowest BCUT2D eigenvalue weighted by Gasteiger charge is -2.25. The molecule has 0 saturated carbocycles. The fourth-order valence-corrected chi connectivity index (χ4v) is 5.35. The summed E-state index contributed by atoms with van der Waals surface area (Å²) in [6, 6.07) is 10.4. The van der Waals surface area contributed by atoms with Crippen LogP contribution < -0.4 is 29.1 Å². The molecule has 0 fully saturated rings. The quantitative estimate of drug-likeness (QED) is 0.307. The average molecular weight is 535 g/mol. The molecule has 1 aromatic heterocycles. The predicted octanol–water partition coefficient (Wildman–Crippen LogP) is 3.69. The molecule has 0 radical (unpaired) electrons. The van der Waals surface area contributed by atoms with E-state index in [-0.39, 0.29) is 12.2 Å². The van der Waals surface area contributed by atoms with Crippen LogP contribution in [0.5, 0.6) is 17.2 Å². The van der Waals surface area contributed by atoms with E-state index in [1.54, 1.807) is 56.9 Å². The van der Waals surface area contributed by atoms with Gasteiger partial charge >= 0.3 is 5.97 Å². The number of ether oxygens (including phenoxy) is 4. The Hall–Kier alpha value is -4.11. The Kier molecular flexibility index (Phi) is 8.16. The highest BCUT2D eigenvalue weighted by atomic mass is 32.1. The number of esters is 1. The van der Waals surface area contributed by atoms with Gasteiger partial charge in [-0.2, -0.15) is 0 Å². The third-order valence-corrected chi connectivity index (χ3v) is 7.09. The summed E-state index contributed by atoms with van der Waals surface area (Å²) < 4.78 is 24.0. The van der Waals surface area contributed by atoms with Gasteiger partial charge in [-0.1, -0.05) is 42.2 Å². The Morgan fingerprint density at radius 3 is 2.55 bits per heavy atom. The summed E-state index contributed by atoms with van der Waals surface area (Å²) in [7, 11) is 3.15. The van der Waals surface area contributed by atoms with E-state index in [4.69, 9.17) is 18.9 Å². The van der Waals surface area contributed by atoms with Crippen molar-refractivity contribution in [2.75, 3.05) is 27.4 Å². The number of aryl methyl sites for hydroxylation is 1. The van der Waals surface area contributed by atoms with Crippen LogP contribution in [0.4, 0.5) is 0 Å². The molecule has 0 N–H and O–H groups in total. The molecule has 0 bridgehead atoms. The van der Waals surface area contributed by atoms with E-state index in [0.717, 1.165) is 16.7 Å². The summed E-state index contributed by atoms with van der Waals surface area (Å²) in [6.07, 6.45) is 3.43. The fraction of sp³-hybridized carbons (Fsp3) is 0.276. The number of carbonyl (C=O) groups is 1. The Balaban J connectivity index is 1.90. The second-order valence-corrected chi connectivity index (χ2v) is 9.55. The van der Waals surface area contributed by atoms with Crippen molar-refractivity contribution in [1.29, 1.82) is 0 Å². The van der Waals surface area contributed by atoms with Crippen molar-refractivity contribution in [1.82, 2.24) is 4.57 Å². The van der Waals surface area contributed by atoms with Crippen LogP contribution >= 0.6 is 11.3 Å². The second kappa shape index (κ2) is 11.5. The van der Waals surface area contributed by atoms with E-state index in [1.165, 1.54) is 11.3 Å². The number of carbonyl (C=O) groups excluding carboxylic acids is 1. The topological polar surface area (TPSA) is 88.4 Å². The van der Waals surface area contributed by atoms with Crippen LogP contribution in [0, 0.1) is 6.92 Å². The van der Waals surface area contributed by atoms with Crippen molar-refractivity contribution in [3.8, 4) is 17.2 Å². The lowest BCUT2D eigenvalue weighted by atomic mass is 9.95. The number of methoxy groups -OCH3 is 2. The van der Waals surface area contributed by atoms with E-state index >= 15 is 0 Å². The fourth-order valence-electron chi connectivity index (χ4n) is 4.31. The van der Waals surface area contributed by atoms with Gasteiger partial charge in [0.25, 0.3) is 5.56 Å². The first kappa shape index (κ1) is 26.9. The highest BCUT2D eigenvalue weighted by molar-refractivity contribution is 7.07. The Labute approximate surface area is 224 Å². The standard InChI is InChI=1S/C29H30N2O6S/c1-7-13-37-21-12-10-19(14-23(21)35-6)15-24-27(32)31-26(20-11-9-17(3)22(16-20)34-5)25(28(33)36-8-2)18(4)30-29(31)38-24/h7,9-12,14-16,26H,1,8,13H2,2-6H3/b24-15+/t26-/m0/s1. The normalized spacial score (nSPS) is 15.0. The predicted molar refractivity (Wildman–Crippen MR) is 147 cm³/mol. The zero-order valence-corrected chi connectivity index (χ0v) is 22.9. The van der Waals surface area contributed by atoms with Crippen LogP contribution in [-0.2, 0) is 9.53 Å². The molecule has 9 heteroatoms. The first-order chi connectivity index (χ1) is 18.3. The molecule has 1 atom stereocenters. The monoisotopic (exact) mass is 534 g/mol. The number of thiazole rings is 1. The van der Waals surface area contributed by atoms with Crippen molar-refractivity contribution in [3.63, 3.8) is 0 Å². The summed E-state index contributed by atoms with van der Waals surface area (Å²) in [5.74, 6) is 1.27. The molecule has 198 valence electrons. The summed E-state index contributed by atoms with van der Waals surface area (Å²) in [5.41, 5.74) is 2.99. The first-order valence-electron chi connectivity index (χ1n) is 12.1. The maximum absolute atomic E-state index is 13.8. The van der Waals surface area contributed by atoms with Crippen LogP contribution in [0.3, 0.4) is 0 Å². The van der Waals surface area contributed by atoms with Gasteiger partial charge in [0.2, 0.25) is 0 Å². The summed E-state index contributed by atoms with van der Waals surface area (Å²) in [5, 5.41) is 0. The molecular weight excluding hydrogens is 504 g/mol. The van der Waals surface area contributed by atoms with Crippen LogP contribution in [0.25, 0.3) is 6.08 Å². The lowest BCUT2D eigenvalue weighted by Crippen LogP contribution is -2.40. The molecule has 4 rings (SSSR count). The Morgan fingerprint density at radius 1 is 1.11 bits per heavy atom. The Morgan fingerprint density at radius 2 is 1.87 bits per heavy atom. The smallest absolute Gasteiger partial charge is 0.338 e. The van der Waals surface area contributed by atoms with Crippen LogP contribution in [0.15, 0.2) is 70.1 Å². The molecule has 3 aromatic rings. The molecule has 38 heavy (non-hydrogen) atoms. The average Bonchev–Trinajstić information content (AvgIpc) is 3.21. The maximum atomic E-state index is 13.8. The van der Waals surface area contributed by atoms with E-state index in [1.807, 2.05) is 31.2 Å². The SMILES string of the molecule is C=CCOc1ccc(/C=c2/sc3n(c2=O)[C@@H](c2ccc(C)c(OC)c2)C(C(=O)OCC)=C(C)N=3)cc1OC. The van der Waals surface area contributed by atoms with Gasteiger partial charge in [0.05, 0.1) is 42.7 Å². The zero-order valence-electron chi connectivity index (χ0n) is 22.1. The molecule has 2 heterocycles. The maximum Gasteiger partial charge on any atom is 0.338 e. The number of fused-ring (bicyclic) bond motifs is 1. The highest BCUT2D eigenvalue weighted by Gasteiger charge is 2.33. The van der Waals surface area contributed by atoms with Gasteiger partial charge in [-0.3, -0.25) is 9.36 Å². The van der Waals surface area contributed by atoms with E-state index < -0.39 is 12.0 Å². The van der Waals surface area contributed by atoms with Crippen LogP contribution in [0.1, 0.15) is 36.6 Å². The number of benzene rings is 2. The number of aromatic nitrogens is 1. The van der Waals surface area contributed by atoms with Crippen molar-refractivity contribution in [3.05, 3.63) is 96.7 Å². The molecule has 0 spiro atoms. The van der Waals surface area contributed by atoms with Crippen molar-refractivity contribution in [2.45, 2.75) is 26.8 Å². The van der Waals surface area contributed by atoms with Crippen LogP contribution in [-0.4, -0.2) is 38.0 Å². The van der Waals surface area contributed by atoms with E-state index in [9.17, 15) is 9.59 Å². The van der Waals surface area contributed by atoms with Crippen molar-refractivity contribution >= 4 is 23.4 Å². The first-order valence-corrected chi connectivity index (χ1v) is 12.9. The van der Waals surface area contributed by atoms with E-state index in [0.29, 0.717) is 44.5 Å². The minimum atomic E-state index is -0.717. The largest absolute Gasteiger partial charge is 0.496 e. The number of nitrogens with zero attached hydrogens (tertiary/aromatic N) is 2. The molecule has 1 aliphatic rings. The molecular formula is C29H30N2O6S. The third-order valence-electron chi connectivity index (χ3n) is 6.11. The van der Waals surface area contributed by atoms with Gasteiger partial charge in [0.1, 0.15) is 12.4 Å². The molecule has 0 amide bonds. The van der Waals surface area contributed by atoms with Gasteiger partial charge in [-0.15, -0.1) is 0 Å². The number of rotatable bonds is 9. The number of hydrogen-bond donors (Lipinski definition) is 0. The molecule has 0 saturated heterocycles. The van der Waals surface area contributed by atoms with Crippen molar-refractivity contribution < 1.29 is 23.7 Å². The molecule has 0 aliphatic carbocycles. The lowest BCUT2D eigenvalue weighted by molar-refractivity contribution is -0.139. The Bertz CT molecular complexity index is 1600. The highest BCUT2D eigenvalue weighted by Crippen LogP contribution is 2.33. The second-order valence-electron chi connectivity index (χ2n) is 8.54.